The maximum atomic E-state index is 13.3. The van der Waals surface area contributed by atoms with Crippen molar-refractivity contribution < 1.29 is 4.79 Å². The van der Waals surface area contributed by atoms with Crippen LogP contribution in [0.5, 0.6) is 0 Å². The van der Waals surface area contributed by atoms with Crippen LogP contribution in [-0.2, 0) is 16.9 Å². The molecule has 2 heterocycles. The van der Waals surface area contributed by atoms with Crippen molar-refractivity contribution in [1.82, 2.24) is 20.0 Å². The van der Waals surface area contributed by atoms with Gasteiger partial charge in [-0.25, -0.2) is 0 Å². The summed E-state index contributed by atoms with van der Waals surface area (Å²) < 4.78 is 1.85. The van der Waals surface area contributed by atoms with Gasteiger partial charge in [0.25, 0.3) is 5.91 Å². The van der Waals surface area contributed by atoms with E-state index >= 15 is 0 Å². The van der Waals surface area contributed by atoms with Crippen LogP contribution in [0.1, 0.15) is 24.0 Å². The van der Waals surface area contributed by atoms with Crippen molar-refractivity contribution >= 4 is 18.3 Å². The Morgan fingerprint density at radius 3 is 2.62 bits per heavy atom. The Labute approximate surface area is 149 Å². The van der Waals surface area contributed by atoms with Crippen molar-refractivity contribution in [2.45, 2.75) is 31.8 Å². The number of nitrogens with zero attached hydrogens (tertiary/aromatic N) is 3. The van der Waals surface area contributed by atoms with Gasteiger partial charge < -0.3 is 10.2 Å². The third-order valence-electron chi connectivity index (χ3n) is 4.79. The van der Waals surface area contributed by atoms with E-state index in [9.17, 15) is 4.79 Å². The smallest absolute Gasteiger partial charge is 0.250 e. The molecule has 0 atom stereocenters. The minimum Gasteiger partial charge on any atom is -0.339 e. The molecule has 1 aromatic heterocycles. The first-order valence-corrected chi connectivity index (χ1v) is 8.14. The number of piperidine rings is 1. The summed E-state index contributed by atoms with van der Waals surface area (Å²) in [5, 5.41) is 7.72. The SMILES string of the molecule is Cc1ccccc1CN(C)C(=O)C1(n2cccn2)CCNCC1.Cl. The molecule has 0 aliphatic carbocycles. The lowest BCUT2D eigenvalue weighted by atomic mass is 9.86. The quantitative estimate of drug-likeness (QED) is 0.922. The van der Waals surface area contributed by atoms with E-state index in [1.807, 2.05) is 41.0 Å². The van der Waals surface area contributed by atoms with E-state index in [0.29, 0.717) is 6.54 Å². The number of benzene rings is 1. The maximum absolute atomic E-state index is 13.3. The summed E-state index contributed by atoms with van der Waals surface area (Å²) in [5.74, 6) is 0.144. The molecule has 1 aliphatic heterocycles. The van der Waals surface area contributed by atoms with Gasteiger partial charge in [0.1, 0.15) is 5.54 Å². The fraction of sp³-hybridized carbons (Fsp3) is 0.444. The molecule has 0 unspecified atom stereocenters. The normalized spacial score (nSPS) is 16.2. The molecule has 3 rings (SSSR count). The lowest BCUT2D eigenvalue weighted by Crippen LogP contribution is -2.54. The second-order valence-corrected chi connectivity index (χ2v) is 6.32. The predicted molar refractivity (Wildman–Crippen MR) is 97.2 cm³/mol. The number of hydrogen-bond acceptors (Lipinski definition) is 3. The van der Waals surface area contributed by atoms with Gasteiger partial charge in [-0.05, 0) is 50.0 Å². The molecule has 1 saturated heterocycles. The van der Waals surface area contributed by atoms with E-state index in [1.54, 1.807) is 6.20 Å². The molecule has 0 spiro atoms. The molecule has 130 valence electrons. The number of likely N-dealkylation sites (N-methyl/N-ethyl adjacent to an activating group) is 1. The first-order chi connectivity index (χ1) is 11.1. The molecular weight excluding hydrogens is 324 g/mol. The summed E-state index contributed by atoms with van der Waals surface area (Å²) in [6.07, 6.45) is 5.19. The number of carbonyl (C=O) groups is 1. The highest BCUT2D eigenvalue weighted by molar-refractivity contribution is 5.85. The highest BCUT2D eigenvalue weighted by atomic mass is 35.5. The third-order valence-corrected chi connectivity index (χ3v) is 4.79. The third kappa shape index (κ3) is 3.47. The average molecular weight is 349 g/mol. The average Bonchev–Trinajstić information content (AvgIpc) is 3.12. The highest BCUT2D eigenvalue weighted by Gasteiger charge is 2.43. The Hall–Kier alpha value is -1.85. The molecule has 0 bridgehead atoms. The van der Waals surface area contributed by atoms with Gasteiger partial charge in [0.15, 0.2) is 0 Å². The molecule has 1 aromatic carbocycles. The summed E-state index contributed by atoms with van der Waals surface area (Å²) in [6.45, 7) is 4.39. The molecule has 0 radical (unpaired) electrons. The Morgan fingerprint density at radius 1 is 1.29 bits per heavy atom. The van der Waals surface area contributed by atoms with Gasteiger partial charge in [0.2, 0.25) is 0 Å². The number of carbonyl (C=O) groups excluding carboxylic acids is 1. The molecule has 0 saturated carbocycles. The van der Waals surface area contributed by atoms with E-state index in [-0.39, 0.29) is 18.3 Å². The molecule has 1 aliphatic rings. The fourth-order valence-electron chi connectivity index (χ4n) is 3.37. The van der Waals surface area contributed by atoms with Crippen LogP contribution in [0.3, 0.4) is 0 Å². The van der Waals surface area contributed by atoms with Gasteiger partial charge in [0.05, 0.1) is 0 Å². The van der Waals surface area contributed by atoms with Gasteiger partial charge in [-0.15, -0.1) is 12.4 Å². The van der Waals surface area contributed by atoms with Crippen LogP contribution in [0.15, 0.2) is 42.7 Å². The molecule has 24 heavy (non-hydrogen) atoms. The topological polar surface area (TPSA) is 50.2 Å². The van der Waals surface area contributed by atoms with Crippen molar-refractivity contribution in [2.24, 2.45) is 0 Å². The van der Waals surface area contributed by atoms with Gasteiger partial charge in [-0.3, -0.25) is 9.48 Å². The van der Waals surface area contributed by atoms with Crippen LogP contribution in [0, 0.1) is 6.92 Å². The first kappa shape index (κ1) is 18.5. The summed E-state index contributed by atoms with van der Waals surface area (Å²) in [6, 6.07) is 10.1. The lowest BCUT2D eigenvalue weighted by Gasteiger charge is -2.39. The number of halogens is 1. The molecule has 2 aromatic rings. The Kier molecular flexibility index (Phi) is 6.02. The predicted octanol–water partition coefficient (Wildman–Crippen LogP) is 2.35. The largest absolute Gasteiger partial charge is 0.339 e. The molecule has 5 nitrogen and oxygen atoms in total. The van der Waals surface area contributed by atoms with Crippen LogP contribution < -0.4 is 5.32 Å². The van der Waals surface area contributed by atoms with E-state index in [1.165, 1.54) is 11.1 Å². The van der Waals surface area contributed by atoms with E-state index < -0.39 is 5.54 Å². The van der Waals surface area contributed by atoms with Crippen LogP contribution in [0.2, 0.25) is 0 Å². The summed E-state index contributed by atoms with van der Waals surface area (Å²) in [7, 11) is 1.89. The monoisotopic (exact) mass is 348 g/mol. The molecular formula is C18H25ClN4O. The van der Waals surface area contributed by atoms with Crippen molar-refractivity contribution in [2.75, 3.05) is 20.1 Å². The number of aryl methyl sites for hydroxylation is 1. The van der Waals surface area contributed by atoms with Crippen molar-refractivity contribution in [1.29, 1.82) is 0 Å². The lowest BCUT2D eigenvalue weighted by molar-refractivity contribution is -0.142. The first-order valence-electron chi connectivity index (χ1n) is 8.14. The van der Waals surface area contributed by atoms with Gasteiger partial charge in [0, 0.05) is 26.0 Å². The van der Waals surface area contributed by atoms with Crippen molar-refractivity contribution in [3.8, 4) is 0 Å². The Bertz CT molecular complexity index is 665. The number of nitrogens with one attached hydrogen (secondary N) is 1. The van der Waals surface area contributed by atoms with Crippen molar-refractivity contribution in [3.63, 3.8) is 0 Å². The number of amides is 1. The molecule has 6 heteroatoms. The van der Waals surface area contributed by atoms with E-state index in [4.69, 9.17) is 0 Å². The van der Waals surface area contributed by atoms with E-state index in [0.717, 1.165) is 25.9 Å². The number of rotatable bonds is 4. The second kappa shape index (κ2) is 7.81. The molecule has 1 N–H and O–H groups in total. The second-order valence-electron chi connectivity index (χ2n) is 6.32. The Balaban J connectivity index is 0.00000208. The van der Waals surface area contributed by atoms with Gasteiger partial charge in [-0.1, -0.05) is 24.3 Å². The molecule has 1 fully saturated rings. The molecule has 1 amide bonds. The standard InChI is InChI=1S/C18H24N4O.ClH/c1-15-6-3-4-7-16(15)14-21(2)17(23)18(8-11-19-12-9-18)22-13-5-10-20-22;/h3-7,10,13,19H,8-9,11-12,14H2,1-2H3;1H. The minimum absolute atomic E-state index is 0. The minimum atomic E-state index is -0.563. The zero-order chi connectivity index (χ0) is 16.3. The van der Waals surface area contributed by atoms with Crippen LogP contribution in [-0.4, -0.2) is 40.7 Å². The zero-order valence-electron chi connectivity index (χ0n) is 14.2. The van der Waals surface area contributed by atoms with Crippen LogP contribution >= 0.6 is 12.4 Å². The zero-order valence-corrected chi connectivity index (χ0v) is 15.1. The number of hydrogen-bond donors (Lipinski definition) is 1. The van der Waals surface area contributed by atoms with E-state index in [2.05, 4.69) is 29.5 Å². The highest BCUT2D eigenvalue weighted by Crippen LogP contribution is 2.29. The summed E-state index contributed by atoms with van der Waals surface area (Å²) >= 11 is 0. The number of aromatic nitrogens is 2. The maximum Gasteiger partial charge on any atom is 0.250 e. The Morgan fingerprint density at radius 2 is 2.00 bits per heavy atom. The van der Waals surface area contributed by atoms with Gasteiger partial charge in [-0.2, -0.15) is 5.10 Å². The van der Waals surface area contributed by atoms with Crippen LogP contribution in [0.25, 0.3) is 0 Å². The van der Waals surface area contributed by atoms with Crippen LogP contribution in [0.4, 0.5) is 0 Å². The summed E-state index contributed by atoms with van der Waals surface area (Å²) in [5.41, 5.74) is 1.84. The fourth-order valence-corrected chi connectivity index (χ4v) is 3.37. The van der Waals surface area contributed by atoms with Crippen molar-refractivity contribution in [3.05, 3.63) is 53.9 Å². The summed E-state index contributed by atoms with van der Waals surface area (Å²) in [4.78, 5) is 15.1. The van der Waals surface area contributed by atoms with Gasteiger partial charge >= 0.3 is 0 Å².